The normalized spacial score (nSPS) is 19.2. The molecule has 1 saturated carbocycles. The lowest BCUT2D eigenvalue weighted by atomic mass is 9.88. The number of amides is 4. The molecule has 1 saturated heterocycles. The first-order valence-corrected chi connectivity index (χ1v) is 22.6. The summed E-state index contributed by atoms with van der Waals surface area (Å²) in [5.74, 6) is 1.93. The van der Waals surface area contributed by atoms with Crippen LogP contribution in [0.25, 0.3) is 23.2 Å². The number of piperidine rings is 1. The predicted molar refractivity (Wildman–Crippen MR) is 238 cm³/mol. The van der Waals surface area contributed by atoms with E-state index in [1.54, 1.807) is 18.2 Å². The topological polar surface area (TPSA) is 231 Å². The number of unbranched alkanes of at least 4 members (excludes halogenated alkanes) is 1. The lowest BCUT2D eigenvalue weighted by molar-refractivity contribution is -0.136. The van der Waals surface area contributed by atoms with Crippen LogP contribution in [0.5, 0.6) is 0 Å². The van der Waals surface area contributed by atoms with Gasteiger partial charge in [-0.15, -0.1) is 0 Å². The maximum atomic E-state index is 13.8. The molecule has 7 heterocycles. The van der Waals surface area contributed by atoms with Gasteiger partial charge in [0.2, 0.25) is 17.6 Å². The average Bonchev–Trinajstić information content (AvgIpc) is 3.55. The van der Waals surface area contributed by atoms with Gasteiger partial charge in [0, 0.05) is 97.5 Å². The van der Waals surface area contributed by atoms with Crippen molar-refractivity contribution in [2.45, 2.75) is 116 Å². The van der Waals surface area contributed by atoms with Gasteiger partial charge in [-0.25, -0.2) is 19.6 Å². The number of aromatic amines is 2. The molecule has 5 aromatic heterocycles. The van der Waals surface area contributed by atoms with Crippen LogP contribution in [0, 0.1) is 13.8 Å². The highest BCUT2D eigenvalue weighted by molar-refractivity contribution is 6.05. The van der Waals surface area contributed by atoms with E-state index in [0.717, 1.165) is 106 Å². The third kappa shape index (κ3) is 8.11. The number of imidazole rings is 1. The van der Waals surface area contributed by atoms with Crippen molar-refractivity contribution in [1.29, 1.82) is 0 Å². The first kappa shape index (κ1) is 42.0. The molecule has 1 aromatic carbocycles. The van der Waals surface area contributed by atoms with E-state index in [4.69, 9.17) is 24.3 Å². The van der Waals surface area contributed by atoms with Crippen LogP contribution in [0.15, 0.2) is 35.0 Å². The average molecular weight is 881 g/mol. The molecule has 2 aliphatic carbocycles. The van der Waals surface area contributed by atoms with Crippen LogP contribution in [-0.4, -0.2) is 94.2 Å². The summed E-state index contributed by atoms with van der Waals surface area (Å²) in [6, 6.07) is 7.20. The Kier molecular flexibility index (Phi) is 11.1. The Hall–Kier alpha value is -6.95. The number of hydrogen-bond acceptors (Lipinski definition) is 12. The summed E-state index contributed by atoms with van der Waals surface area (Å²) >= 11 is 0. The molecule has 0 bridgehead atoms. The highest BCUT2D eigenvalue weighted by atomic mass is 16.5. The fourth-order valence-corrected chi connectivity index (χ4v) is 9.62. The lowest BCUT2D eigenvalue weighted by Gasteiger charge is -2.29. The summed E-state index contributed by atoms with van der Waals surface area (Å²) in [5, 5.41) is 20.4. The molecule has 4 amide bonds. The molecule has 3 unspecified atom stereocenters. The highest BCUT2D eigenvalue weighted by Crippen LogP contribution is 2.40. The lowest BCUT2D eigenvalue weighted by Crippen LogP contribution is -2.52. The Morgan fingerprint density at radius 2 is 1.88 bits per heavy atom. The SMILES string of the molecule is CCn1nc(C2CC2)cc1Nc1nc(C(=O)NCCc2cnc(CCCCc3cccc4c3CN(C3CCC(=O)NC3=O)C4=O)[nH]2)nc2[nH]c3c(c12)=CC(OC)C(c1c(C)noc1C)C=3. The molecule has 18 heteroatoms. The van der Waals surface area contributed by atoms with Gasteiger partial charge < -0.3 is 34.8 Å². The smallest absolute Gasteiger partial charge is 0.289 e. The molecular formula is C47H52N12O6. The van der Waals surface area contributed by atoms with E-state index in [1.165, 1.54) is 0 Å². The fourth-order valence-electron chi connectivity index (χ4n) is 9.62. The number of benzene rings is 1. The minimum Gasteiger partial charge on any atom is -0.376 e. The highest BCUT2D eigenvalue weighted by Gasteiger charge is 2.40. The number of ether oxygens (including phenoxy) is 1. The van der Waals surface area contributed by atoms with Crippen molar-refractivity contribution < 1.29 is 28.4 Å². The third-order valence-corrected chi connectivity index (χ3v) is 13.1. The number of methoxy groups -OCH3 is 1. The van der Waals surface area contributed by atoms with Crippen LogP contribution in [-0.2, 0) is 46.7 Å². The number of carbonyl (C=O) groups is 4. The van der Waals surface area contributed by atoms with Gasteiger partial charge in [0.05, 0.1) is 22.9 Å². The van der Waals surface area contributed by atoms with Crippen LogP contribution in [0.1, 0.15) is 124 Å². The Balaban J connectivity index is 0.804. The maximum absolute atomic E-state index is 13.8. The van der Waals surface area contributed by atoms with E-state index in [2.05, 4.69) is 54.3 Å². The van der Waals surface area contributed by atoms with Gasteiger partial charge in [-0.05, 0) is 88.6 Å². The van der Waals surface area contributed by atoms with E-state index in [-0.39, 0.29) is 36.1 Å². The Labute approximate surface area is 373 Å². The van der Waals surface area contributed by atoms with Crippen molar-refractivity contribution in [1.82, 2.24) is 55.4 Å². The van der Waals surface area contributed by atoms with E-state index in [0.29, 0.717) is 55.4 Å². The Morgan fingerprint density at radius 1 is 1.03 bits per heavy atom. The zero-order valence-electron chi connectivity index (χ0n) is 36.9. The molecule has 2 fully saturated rings. The molecule has 10 rings (SSSR count). The van der Waals surface area contributed by atoms with Gasteiger partial charge in [-0.3, -0.25) is 24.5 Å². The quantitative estimate of drug-likeness (QED) is 0.0691. The number of nitrogens with one attached hydrogen (secondary N) is 5. The zero-order valence-corrected chi connectivity index (χ0v) is 36.9. The number of imide groups is 1. The van der Waals surface area contributed by atoms with E-state index in [9.17, 15) is 19.2 Å². The molecule has 6 aromatic rings. The van der Waals surface area contributed by atoms with Crippen LogP contribution >= 0.6 is 0 Å². The van der Waals surface area contributed by atoms with E-state index < -0.39 is 17.9 Å². The van der Waals surface area contributed by atoms with Crippen LogP contribution in [0.3, 0.4) is 0 Å². The molecule has 0 radical (unpaired) electrons. The number of hydrogen-bond donors (Lipinski definition) is 5. The van der Waals surface area contributed by atoms with Crippen molar-refractivity contribution in [3.63, 3.8) is 0 Å². The second-order valence-corrected chi connectivity index (χ2v) is 17.4. The summed E-state index contributed by atoms with van der Waals surface area (Å²) in [7, 11) is 1.69. The summed E-state index contributed by atoms with van der Waals surface area (Å²) in [4.78, 5) is 74.0. The van der Waals surface area contributed by atoms with Crippen molar-refractivity contribution in [2.24, 2.45) is 0 Å². The molecule has 18 nitrogen and oxygen atoms in total. The number of fused-ring (bicyclic) bond motifs is 4. The second-order valence-electron chi connectivity index (χ2n) is 17.4. The van der Waals surface area contributed by atoms with Crippen molar-refractivity contribution in [3.8, 4) is 0 Å². The number of carbonyl (C=O) groups excluding carboxylic acids is 4. The molecule has 336 valence electrons. The van der Waals surface area contributed by atoms with Gasteiger partial charge >= 0.3 is 0 Å². The number of rotatable bonds is 16. The van der Waals surface area contributed by atoms with Crippen LogP contribution < -0.4 is 26.5 Å². The van der Waals surface area contributed by atoms with Gasteiger partial charge in [-0.2, -0.15) is 5.10 Å². The standard InChI is InChI=1S/C47H52N12O6/c1-5-59-38(21-33(56-59)27-13-14-27)52-43-41-30-20-36(64-4)31(40-24(2)57-65-25(40)3)19-34(30)51-42(41)54-44(55-43)46(62)48-18-17-28-22-49-37(50-28)12-7-6-9-26-10-8-11-29-32(26)23-58(47(29)63)35-15-16-39(60)53-45(35)61/h8,10-11,19-22,27,31,35-36H,5-7,9,12-18,23H2,1-4H3,(H,48,62)(H,49,50)(H,53,60,61)(H2,51,52,54,55). The van der Waals surface area contributed by atoms with Gasteiger partial charge in [0.15, 0.2) is 0 Å². The number of nitrogens with zero attached hydrogens (tertiary/aromatic N) is 7. The van der Waals surface area contributed by atoms with Crippen molar-refractivity contribution in [2.75, 3.05) is 19.0 Å². The Bertz CT molecular complexity index is 2970. The fraction of sp³-hybridized carbons (Fsp3) is 0.426. The molecule has 65 heavy (non-hydrogen) atoms. The summed E-state index contributed by atoms with van der Waals surface area (Å²) in [6.45, 7) is 7.25. The van der Waals surface area contributed by atoms with Gasteiger partial charge in [-0.1, -0.05) is 17.3 Å². The largest absolute Gasteiger partial charge is 0.376 e. The zero-order chi connectivity index (χ0) is 44.9. The number of anilines is 2. The number of aryl methyl sites for hydroxylation is 5. The summed E-state index contributed by atoms with van der Waals surface area (Å²) in [5.41, 5.74) is 6.92. The monoisotopic (exact) mass is 880 g/mol. The second kappa shape index (κ2) is 17.2. The minimum absolute atomic E-state index is 0.0246. The number of H-pyrrole nitrogens is 2. The first-order chi connectivity index (χ1) is 31.6. The third-order valence-electron chi connectivity index (χ3n) is 13.1. The molecule has 0 spiro atoms. The van der Waals surface area contributed by atoms with Crippen LogP contribution in [0.4, 0.5) is 11.6 Å². The van der Waals surface area contributed by atoms with Gasteiger partial charge in [0.1, 0.15) is 34.9 Å². The Morgan fingerprint density at radius 3 is 2.65 bits per heavy atom. The van der Waals surface area contributed by atoms with E-state index in [1.807, 2.05) is 43.7 Å². The molecular weight excluding hydrogens is 829 g/mol. The maximum Gasteiger partial charge on any atom is 0.289 e. The van der Waals surface area contributed by atoms with Crippen molar-refractivity contribution >= 4 is 58.4 Å². The van der Waals surface area contributed by atoms with E-state index >= 15 is 0 Å². The summed E-state index contributed by atoms with van der Waals surface area (Å²) in [6.07, 6.45) is 12.3. The predicted octanol–water partition coefficient (Wildman–Crippen LogP) is 3.80. The molecule has 3 atom stereocenters. The minimum atomic E-state index is -0.634. The van der Waals surface area contributed by atoms with Crippen LogP contribution in [0.2, 0.25) is 0 Å². The molecule has 2 aliphatic heterocycles. The van der Waals surface area contributed by atoms with Gasteiger partial charge in [0.25, 0.3) is 11.8 Å². The molecule has 4 aliphatic rings. The molecule has 5 N–H and O–H groups in total. The summed E-state index contributed by atoms with van der Waals surface area (Å²) < 4.78 is 13.5. The first-order valence-electron chi connectivity index (χ1n) is 22.6. The van der Waals surface area contributed by atoms with Crippen molar-refractivity contribution in [3.05, 3.63) is 97.8 Å². The number of aromatic nitrogens is 8.